The first kappa shape index (κ1) is 75.5. The zero-order chi connectivity index (χ0) is 60.5. The Labute approximate surface area is 498 Å². The predicted octanol–water partition coefficient (Wildman–Crippen LogP) is 7.49. The van der Waals surface area contributed by atoms with Crippen molar-refractivity contribution in [3.63, 3.8) is 0 Å². The maximum Gasteiger partial charge on any atom is 0.220 e. The van der Waals surface area contributed by atoms with Gasteiger partial charge in [0.05, 0.1) is 38.6 Å². The highest BCUT2D eigenvalue weighted by Gasteiger charge is 2.53. The van der Waals surface area contributed by atoms with E-state index in [1.54, 1.807) is 6.08 Å². The zero-order valence-corrected chi connectivity index (χ0v) is 51.2. The van der Waals surface area contributed by atoms with E-state index in [2.05, 4.69) is 31.3 Å². The van der Waals surface area contributed by atoms with Crippen molar-refractivity contribution in [1.82, 2.24) is 5.32 Å². The molecule has 0 aliphatic carbocycles. The van der Waals surface area contributed by atoms with Gasteiger partial charge in [-0.15, -0.1) is 0 Å². The van der Waals surface area contributed by atoms with Gasteiger partial charge in [0.1, 0.15) is 73.2 Å². The Balaban J connectivity index is 1.48. The molecule has 19 heteroatoms. The molecule has 0 saturated carbocycles. The lowest BCUT2D eigenvalue weighted by Gasteiger charge is -2.48. The van der Waals surface area contributed by atoms with E-state index >= 15 is 0 Å². The lowest BCUT2D eigenvalue weighted by atomic mass is 9.96. The van der Waals surface area contributed by atoms with Crippen molar-refractivity contribution in [2.45, 2.75) is 349 Å². The third-order valence-corrected chi connectivity index (χ3v) is 16.8. The van der Waals surface area contributed by atoms with E-state index < -0.39 is 124 Å². The van der Waals surface area contributed by atoms with Crippen LogP contribution < -0.4 is 5.32 Å². The van der Waals surface area contributed by atoms with Crippen LogP contribution in [-0.2, 0) is 33.2 Å². The Morgan fingerprint density at radius 3 is 1.20 bits per heavy atom. The van der Waals surface area contributed by atoms with Crippen LogP contribution in [0, 0.1) is 0 Å². The molecule has 19 nitrogen and oxygen atoms in total. The maximum atomic E-state index is 13.4. The monoisotopic (exact) mass is 1190 g/mol. The van der Waals surface area contributed by atoms with Crippen LogP contribution in [0.2, 0.25) is 0 Å². The first-order chi connectivity index (χ1) is 40.3. The molecule has 0 bridgehead atoms. The number of carbonyl (C=O) groups excluding carboxylic acids is 1. The van der Waals surface area contributed by atoms with Crippen LogP contribution >= 0.6 is 0 Å². The largest absolute Gasteiger partial charge is 0.394 e. The van der Waals surface area contributed by atoms with Gasteiger partial charge in [-0.1, -0.05) is 231 Å². The van der Waals surface area contributed by atoms with E-state index in [1.165, 1.54) is 173 Å². The van der Waals surface area contributed by atoms with Crippen molar-refractivity contribution in [3.05, 3.63) is 24.3 Å². The quantitative estimate of drug-likeness (QED) is 0.0207. The van der Waals surface area contributed by atoms with Crippen molar-refractivity contribution >= 4 is 5.91 Å². The molecule has 12 N–H and O–H groups in total. The van der Waals surface area contributed by atoms with Crippen molar-refractivity contribution < 1.29 is 89.4 Å². The number of nitrogens with one attached hydrogen (secondary N) is 1. The molecule has 3 aliphatic heterocycles. The second-order valence-electron chi connectivity index (χ2n) is 23.9. The molecule has 83 heavy (non-hydrogen) atoms. The molecule has 3 fully saturated rings. The van der Waals surface area contributed by atoms with E-state index in [4.69, 9.17) is 28.4 Å². The van der Waals surface area contributed by atoms with Gasteiger partial charge in [-0.25, -0.2) is 0 Å². The number of rotatable bonds is 50. The fraction of sp³-hybridized carbons (Fsp3) is 0.922. The summed E-state index contributed by atoms with van der Waals surface area (Å²) in [4.78, 5) is 13.4. The molecule has 488 valence electrons. The minimum Gasteiger partial charge on any atom is -0.394 e. The summed E-state index contributed by atoms with van der Waals surface area (Å²) >= 11 is 0. The van der Waals surface area contributed by atoms with Crippen LogP contribution in [0.1, 0.15) is 245 Å². The summed E-state index contributed by atoms with van der Waals surface area (Å²) in [5.74, 6) is -0.282. The minimum absolute atomic E-state index is 0.240. The van der Waals surface area contributed by atoms with Crippen LogP contribution in [-0.4, -0.2) is 193 Å². The Hall–Kier alpha value is -1.73. The van der Waals surface area contributed by atoms with Crippen LogP contribution in [0.4, 0.5) is 0 Å². The Morgan fingerprint density at radius 1 is 0.422 bits per heavy atom. The summed E-state index contributed by atoms with van der Waals surface area (Å²) in [6.07, 6.45) is 24.4. The van der Waals surface area contributed by atoms with E-state index in [0.29, 0.717) is 12.8 Å². The van der Waals surface area contributed by atoms with Crippen LogP contribution in [0.25, 0.3) is 0 Å². The molecule has 0 aromatic heterocycles. The van der Waals surface area contributed by atoms with Gasteiger partial charge < -0.3 is 89.9 Å². The molecule has 1 amide bonds. The average Bonchev–Trinajstić information content (AvgIpc) is 3.34. The molecular weight excluding hydrogens is 1070 g/mol. The number of carbonyl (C=O) groups is 1. The summed E-state index contributed by atoms with van der Waals surface area (Å²) in [5, 5.41) is 120. The number of amides is 1. The van der Waals surface area contributed by atoms with E-state index in [9.17, 15) is 61.0 Å². The van der Waals surface area contributed by atoms with Crippen molar-refractivity contribution in [1.29, 1.82) is 0 Å². The summed E-state index contributed by atoms with van der Waals surface area (Å²) in [6.45, 7) is 1.73. The van der Waals surface area contributed by atoms with Gasteiger partial charge in [-0.05, 0) is 32.1 Å². The van der Waals surface area contributed by atoms with Crippen LogP contribution in [0.15, 0.2) is 24.3 Å². The van der Waals surface area contributed by atoms with Crippen molar-refractivity contribution in [2.24, 2.45) is 0 Å². The van der Waals surface area contributed by atoms with Gasteiger partial charge in [0.25, 0.3) is 0 Å². The van der Waals surface area contributed by atoms with Crippen LogP contribution in [0.3, 0.4) is 0 Å². The lowest BCUT2D eigenvalue weighted by molar-refractivity contribution is -0.379. The topological polar surface area (TPSA) is 307 Å². The van der Waals surface area contributed by atoms with Gasteiger partial charge in [0.2, 0.25) is 5.91 Å². The first-order valence-corrected chi connectivity index (χ1v) is 33.1. The van der Waals surface area contributed by atoms with Crippen molar-refractivity contribution in [3.8, 4) is 0 Å². The lowest BCUT2D eigenvalue weighted by Crippen LogP contribution is -2.66. The summed E-state index contributed by atoms with van der Waals surface area (Å²) < 4.78 is 34.3. The molecule has 3 rings (SSSR count). The third-order valence-electron chi connectivity index (χ3n) is 16.8. The number of allylic oxidation sites excluding steroid dienone is 3. The summed E-state index contributed by atoms with van der Waals surface area (Å²) in [5.41, 5.74) is 0. The summed E-state index contributed by atoms with van der Waals surface area (Å²) in [6, 6.07) is -0.986. The Kier molecular flexibility index (Phi) is 43.0. The highest BCUT2D eigenvalue weighted by atomic mass is 16.8. The number of aliphatic hydroxyl groups is 11. The molecule has 17 unspecified atom stereocenters. The standard InChI is InChI=1S/C64H119NO18/c1-3-5-7-9-11-13-15-17-19-21-22-23-24-26-27-29-31-33-35-37-39-41-48(69)47(65-52(70)42-40-38-36-34-32-30-28-25-20-18-16-14-12-10-8-6-4-2)46-78-62-58(76)55(73)60(50(44-67)80-62)83-64-59(77)56(74)61(51(45-68)81-64)82-63-57(75)54(72)53(71)49(43-66)79-63/h31,33,39,41,47-51,53-64,66-69,71-77H,3-30,32,34-38,40,42-46H2,1-2H3,(H,65,70)/b33-31+,41-39+. The van der Waals surface area contributed by atoms with Gasteiger partial charge in [0.15, 0.2) is 18.9 Å². The number of ether oxygens (including phenoxy) is 6. The number of aliphatic hydroxyl groups excluding tert-OH is 11. The molecule has 17 atom stereocenters. The molecule has 0 radical (unpaired) electrons. The van der Waals surface area contributed by atoms with Gasteiger partial charge in [0, 0.05) is 6.42 Å². The molecule has 0 aromatic rings. The number of hydrogen-bond donors (Lipinski definition) is 12. The Bertz CT molecular complexity index is 1610. The van der Waals surface area contributed by atoms with Gasteiger partial charge in [-0.2, -0.15) is 0 Å². The fourth-order valence-electron chi connectivity index (χ4n) is 11.3. The van der Waals surface area contributed by atoms with Crippen molar-refractivity contribution in [2.75, 3.05) is 26.4 Å². The van der Waals surface area contributed by atoms with Crippen LogP contribution in [0.5, 0.6) is 0 Å². The summed E-state index contributed by atoms with van der Waals surface area (Å²) in [7, 11) is 0. The molecule has 0 aromatic carbocycles. The zero-order valence-electron chi connectivity index (χ0n) is 51.2. The van der Waals surface area contributed by atoms with E-state index in [0.717, 1.165) is 38.5 Å². The normalized spacial score (nSPS) is 29.5. The second-order valence-corrected chi connectivity index (χ2v) is 23.9. The smallest absolute Gasteiger partial charge is 0.220 e. The van der Waals surface area contributed by atoms with Gasteiger partial charge in [-0.3, -0.25) is 4.79 Å². The molecular formula is C64H119NO18. The predicted molar refractivity (Wildman–Crippen MR) is 319 cm³/mol. The van der Waals surface area contributed by atoms with E-state index in [-0.39, 0.29) is 18.9 Å². The third kappa shape index (κ3) is 30.4. The molecule has 3 saturated heterocycles. The number of unbranched alkanes of at least 4 members (excludes halogenated alkanes) is 32. The highest BCUT2D eigenvalue weighted by molar-refractivity contribution is 5.76. The van der Waals surface area contributed by atoms with E-state index in [1.807, 2.05) is 6.08 Å². The Morgan fingerprint density at radius 2 is 0.771 bits per heavy atom. The number of hydrogen-bond acceptors (Lipinski definition) is 18. The second kappa shape index (κ2) is 47.3. The highest BCUT2D eigenvalue weighted by Crippen LogP contribution is 2.33. The molecule has 0 spiro atoms. The SMILES string of the molecule is CCCCCCCCCCCCCCCCC/C=C/CC/C=C/C(O)C(COC1OC(CO)C(OC2OC(CO)C(OC3OC(CO)C(O)C(O)C3O)C(O)C2O)C(O)C1O)NC(=O)CCCCCCCCCCCCCCCCCCC. The maximum absolute atomic E-state index is 13.4. The minimum atomic E-state index is -1.98. The molecule has 3 heterocycles. The van der Waals surface area contributed by atoms with Gasteiger partial charge >= 0.3 is 0 Å². The molecule has 3 aliphatic rings. The first-order valence-electron chi connectivity index (χ1n) is 33.1. The fourth-order valence-corrected chi connectivity index (χ4v) is 11.3. The average molecular weight is 1190 g/mol.